The normalized spacial score (nSPS) is 17.5. The van der Waals surface area contributed by atoms with Gasteiger partial charge in [0.25, 0.3) is 10.0 Å². The molecule has 0 amide bonds. The van der Waals surface area contributed by atoms with Crippen molar-refractivity contribution in [3.05, 3.63) is 70.7 Å². The zero-order chi connectivity index (χ0) is 23.0. The largest absolute Gasteiger partial charge is 0.459 e. The second-order valence-corrected chi connectivity index (χ2v) is 10.7. The summed E-state index contributed by atoms with van der Waals surface area (Å²) in [5.41, 5.74) is 3.62. The number of thiazole rings is 1. The van der Waals surface area contributed by atoms with Gasteiger partial charge in [0.05, 0.1) is 11.6 Å². The number of aromatic nitrogens is 1. The first-order chi connectivity index (χ1) is 15.9. The summed E-state index contributed by atoms with van der Waals surface area (Å²) in [6, 6.07) is 15.0. The Hall–Kier alpha value is -3.04. The third-order valence-electron chi connectivity index (χ3n) is 5.95. The summed E-state index contributed by atoms with van der Waals surface area (Å²) in [5, 5.41) is 2.82. The molecule has 0 aliphatic carbocycles. The molecule has 2 aromatic carbocycles. The number of sulfonamides is 1. The monoisotopic (exact) mass is 481 g/mol. The van der Waals surface area contributed by atoms with Crippen molar-refractivity contribution in [1.29, 1.82) is 0 Å². The fourth-order valence-electron chi connectivity index (χ4n) is 4.11. The second kappa shape index (κ2) is 8.72. The smallest absolute Gasteiger partial charge is 0.309 e. The van der Waals surface area contributed by atoms with Crippen molar-refractivity contribution in [1.82, 2.24) is 9.88 Å². The van der Waals surface area contributed by atoms with Crippen LogP contribution in [-0.2, 0) is 26.2 Å². The molecular formula is C24H23N3O4S2. The Morgan fingerprint density at radius 2 is 1.85 bits per heavy atom. The van der Waals surface area contributed by atoms with E-state index in [2.05, 4.69) is 9.38 Å². The highest BCUT2D eigenvalue weighted by Crippen LogP contribution is 2.30. The zero-order valence-electron chi connectivity index (χ0n) is 18.1. The number of esters is 1. The van der Waals surface area contributed by atoms with E-state index in [1.807, 2.05) is 47.5 Å². The lowest BCUT2D eigenvalue weighted by molar-refractivity contribution is -0.151. The number of carbonyl (C=O) groups is 1. The van der Waals surface area contributed by atoms with Gasteiger partial charge in [-0.15, -0.1) is 15.7 Å². The number of hydrogen-bond donors (Lipinski definition) is 0. The summed E-state index contributed by atoms with van der Waals surface area (Å²) in [6.07, 6.45) is 1.18. The van der Waals surface area contributed by atoms with Crippen LogP contribution in [-0.4, -0.2) is 43.2 Å². The van der Waals surface area contributed by atoms with Gasteiger partial charge in [-0.25, -0.2) is 4.98 Å². The van der Waals surface area contributed by atoms with Gasteiger partial charge in [0, 0.05) is 29.6 Å². The highest BCUT2D eigenvalue weighted by Gasteiger charge is 2.34. The SMILES string of the molecule is Cc1ccc(-c2nc(COC(=O)C3CCN(C4=NS(=O)(=O)c5ccccc54)CC3)cs2)cc1. The molecule has 2 aliphatic heterocycles. The molecule has 1 aromatic heterocycles. The molecule has 0 radical (unpaired) electrons. The molecule has 9 heteroatoms. The molecule has 0 N–H and O–H groups in total. The number of likely N-dealkylation sites (tertiary alicyclic amines) is 1. The zero-order valence-corrected chi connectivity index (χ0v) is 19.7. The molecule has 0 atom stereocenters. The van der Waals surface area contributed by atoms with Gasteiger partial charge in [0.2, 0.25) is 0 Å². The van der Waals surface area contributed by atoms with Crippen LogP contribution in [0.5, 0.6) is 0 Å². The van der Waals surface area contributed by atoms with Crippen LogP contribution in [0.4, 0.5) is 0 Å². The van der Waals surface area contributed by atoms with Crippen molar-refractivity contribution in [2.75, 3.05) is 13.1 Å². The molecule has 3 heterocycles. The van der Waals surface area contributed by atoms with Crippen molar-refractivity contribution in [3.8, 4) is 10.6 Å². The molecule has 170 valence electrons. The van der Waals surface area contributed by atoms with Crippen LogP contribution >= 0.6 is 11.3 Å². The number of aryl methyl sites for hydroxylation is 1. The van der Waals surface area contributed by atoms with Crippen molar-refractivity contribution < 1.29 is 17.9 Å². The Morgan fingerprint density at radius 3 is 2.61 bits per heavy atom. The number of amidine groups is 1. The summed E-state index contributed by atoms with van der Waals surface area (Å²) in [5.74, 6) is 0.0229. The number of nitrogens with zero attached hydrogens (tertiary/aromatic N) is 3. The van der Waals surface area contributed by atoms with Crippen molar-refractivity contribution >= 4 is 33.2 Å². The lowest BCUT2D eigenvalue weighted by Gasteiger charge is -2.32. The molecule has 2 aliphatic rings. The number of piperidine rings is 1. The van der Waals surface area contributed by atoms with E-state index in [1.165, 1.54) is 16.9 Å². The van der Waals surface area contributed by atoms with Crippen molar-refractivity contribution in [3.63, 3.8) is 0 Å². The third-order valence-corrected chi connectivity index (χ3v) is 8.22. The molecule has 33 heavy (non-hydrogen) atoms. The van der Waals surface area contributed by atoms with Crippen LogP contribution in [0.25, 0.3) is 10.6 Å². The second-order valence-electron chi connectivity index (χ2n) is 8.27. The molecule has 0 saturated carbocycles. The van der Waals surface area contributed by atoms with E-state index >= 15 is 0 Å². The summed E-state index contributed by atoms with van der Waals surface area (Å²) < 4.78 is 34.2. The predicted octanol–water partition coefficient (Wildman–Crippen LogP) is 4.02. The summed E-state index contributed by atoms with van der Waals surface area (Å²) >= 11 is 1.53. The summed E-state index contributed by atoms with van der Waals surface area (Å²) in [7, 11) is -3.64. The van der Waals surface area contributed by atoms with E-state index in [0.29, 0.717) is 37.3 Å². The van der Waals surface area contributed by atoms with Crippen LogP contribution < -0.4 is 0 Å². The first-order valence-corrected chi connectivity index (χ1v) is 13.1. The van der Waals surface area contributed by atoms with Gasteiger partial charge in [0.15, 0.2) is 5.84 Å². The van der Waals surface area contributed by atoms with E-state index in [0.717, 1.165) is 16.3 Å². The lowest BCUT2D eigenvalue weighted by Crippen LogP contribution is -2.40. The average molecular weight is 482 g/mol. The first-order valence-electron chi connectivity index (χ1n) is 10.8. The Morgan fingerprint density at radius 1 is 1.12 bits per heavy atom. The number of carbonyl (C=O) groups excluding carboxylic acids is 1. The van der Waals surface area contributed by atoms with Gasteiger partial charge >= 0.3 is 5.97 Å². The van der Waals surface area contributed by atoms with Gasteiger partial charge in [-0.05, 0) is 31.9 Å². The van der Waals surface area contributed by atoms with Crippen LogP contribution in [0.3, 0.4) is 0 Å². The molecule has 0 spiro atoms. The highest BCUT2D eigenvalue weighted by molar-refractivity contribution is 7.90. The van der Waals surface area contributed by atoms with Crippen LogP contribution in [0, 0.1) is 12.8 Å². The highest BCUT2D eigenvalue weighted by atomic mass is 32.2. The molecular weight excluding hydrogens is 458 g/mol. The van der Waals surface area contributed by atoms with Crippen LogP contribution in [0.1, 0.15) is 29.7 Å². The molecule has 0 bridgehead atoms. The topological polar surface area (TPSA) is 88.9 Å². The quantitative estimate of drug-likeness (QED) is 0.523. The van der Waals surface area contributed by atoms with Gasteiger partial charge in [0.1, 0.15) is 16.5 Å². The first kappa shape index (κ1) is 21.8. The summed E-state index contributed by atoms with van der Waals surface area (Å²) in [6.45, 7) is 3.30. The van der Waals surface area contributed by atoms with Gasteiger partial charge < -0.3 is 9.64 Å². The maximum Gasteiger partial charge on any atom is 0.309 e. The van der Waals surface area contributed by atoms with Crippen LogP contribution in [0.2, 0.25) is 0 Å². The number of benzene rings is 2. The minimum atomic E-state index is -3.64. The Labute approximate surface area is 196 Å². The maximum absolute atomic E-state index is 12.6. The molecule has 1 fully saturated rings. The van der Waals surface area contributed by atoms with Crippen molar-refractivity contribution in [2.24, 2.45) is 10.3 Å². The Kier molecular flexibility index (Phi) is 5.76. The van der Waals surface area contributed by atoms with E-state index in [4.69, 9.17) is 4.74 Å². The number of fused-ring (bicyclic) bond motifs is 1. The van der Waals surface area contributed by atoms with E-state index < -0.39 is 10.0 Å². The minimum absolute atomic E-state index is 0.153. The third kappa shape index (κ3) is 4.43. The Bertz CT molecular complexity index is 1320. The fraction of sp³-hybridized carbons (Fsp3) is 0.292. The van der Waals surface area contributed by atoms with E-state index in [1.54, 1.807) is 18.2 Å². The predicted molar refractivity (Wildman–Crippen MR) is 127 cm³/mol. The van der Waals surface area contributed by atoms with E-state index in [9.17, 15) is 13.2 Å². The van der Waals surface area contributed by atoms with Gasteiger partial charge in [-0.1, -0.05) is 42.0 Å². The average Bonchev–Trinajstić information content (AvgIpc) is 3.41. The lowest BCUT2D eigenvalue weighted by atomic mass is 9.96. The molecule has 1 saturated heterocycles. The standard InChI is InChI=1S/C24H23N3O4S2/c1-16-6-8-17(9-7-16)23-25-19(15-32-23)14-31-24(28)18-10-12-27(13-11-18)22-20-4-2-3-5-21(20)33(29,30)26-22/h2-9,15,18H,10-14H2,1H3. The van der Waals surface area contributed by atoms with Gasteiger partial charge in [-0.3, -0.25) is 4.79 Å². The Balaban J connectivity index is 1.16. The fourth-order valence-corrected chi connectivity index (χ4v) is 6.15. The van der Waals surface area contributed by atoms with Gasteiger partial charge in [-0.2, -0.15) is 8.42 Å². The minimum Gasteiger partial charge on any atom is -0.459 e. The number of rotatable bonds is 4. The maximum atomic E-state index is 12.6. The van der Waals surface area contributed by atoms with Crippen molar-refractivity contribution in [2.45, 2.75) is 31.3 Å². The van der Waals surface area contributed by atoms with Crippen LogP contribution in [0.15, 0.2) is 63.2 Å². The molecule has 7 nitrogen and oxygen atoms in total. The number of ether oxygens (including phenoxy) is 1. The number of hydrogen-bond acceptors (Lipinski definition) is 7. The van der Waals surface area contributed by atoms with E-state index in [-0.39, 0.29) is 23.4 Å². The summed E-state index contributed by atoms with van der Waals surface area (Å²) in [4.78, 5) is 19.4. The molecule has 3 aromatic rings. The molecule has 5 rings (SSSR count). The molecule has 0 unspecified atom stereocenters.